The monoisotopic (exact) mass is 373 g/mol. The molecule has 5 nitrogen and oxygen atoms in total. The molecular formula is C20H21F2N3O2. The molecule has 0 unspecified atom stereocenters. The van der Waals surface area contributed by atoms with Gasteiger partial charge < -0.3 is 10.2 Å². The molecule has 0 aromatic heterocycles. The molecule has 1 aliphatic heterocycles. The maximum atomic E-state index is 13.3. The second-order valence-corrected chi connectivity index (χ2v) is 6.46. The first kappa shape index (κ1) is 19.0. The Kier molecular flexibility index (Phi) is 6.13. The third-order valence-electron chi connectivity index (χ3n) is 4.53. The number of halogens is 2. The average Bonchev–Trinajstić information content (AvgIpc) is 2.69. The van der Waals surface area contributed by atoms with Gasteiger partial charge in [0.15, 0.2) is 11.6 Å². The van der Waals surface area contributed by atoms with Crippen molar-refractivity contribution in [2.75, 3.05) is 32.7 Å². The van der Waals surface area contributed by atoms with E-state index >= 15 is 0 Å². The van der Waals surface area contributed by atoms with E-state index in [1.165, 1.54) is 6.07 Å². The van der Waals surface area contributed by atoms with Crippen molar-refractivity contribution < 1.29 is 18.4 Å². The number of hydrogen-bond acceptors (Lipinski definition) is 3. The van der Waals surface area contributed by atoms with Crippen LogP contribution in [-0.2, 0) is 11.3 Å². The lowest BCUT2D eigenvalue weighted by Crippen LogP contribution is -2.51. The first-order chi connectivity index (χ1) is 13.0. The SMILES string of the molecule is O=C(CN1CCN(C(=O)c2ccc(F)c(F)c2)CC1)NCc1ccccc1. The molecule has 27 heavy (non-hydrogen) atoms. The van der Waals surface area contributed by atoms with Gasteiger partial charge in [-0.05, 0) is 23.8 Å². The zero-order chi connectivity index (χ0) is 19.2. The lowest BCUT2D eigenvalue weighted by molar-refractivity contribution is -0.122. The molecule has 2 aromatic carbocycles. The number of nitrogens with zero attached hydrogens (tertiary/aromatic N) is 2. The highest BCUT2D eigenvalue weighted by molar-refractivity contribution is 5.94. The molecule has 2 amide bonds. The van der Waals surface area contributed by atoms with Crippen molar-refractivity contribution in [3.05, 3.63) is 71.3 Å². The number of hydrogen-bond donors (Lipinski definition) is 1. The fourth-order valence-corrected chi connectivity index (χ4v) is 2.98. The predicted octanol–water partition coefficient (Wildman–Crippen LogP) is 2.04. The van der Waals surface area contributed by atoms with Gasteiger partial charge in [-0.2, -0.15) is 0 Å². The second kappa shape index (κ2) is 8.73. The van der Waals surface area contributed by atoms with Crippen molar-refractivity contribution >= 4 is 11.8 Å². The number of carbonyl (C=O) groups is 2. The normalized spacial score (nSPS) is 14.8. The Balaban J connectivity index is 1.45. The maximum Gasteiger partial charge on any atom is 0.254 e. The molecule has 1 fully saturated rings. The van der Waals surface area contributed by atoms with Crippen LogP contribution in [0.25, 0.3) is 0 Å². The van der Waals surface area contributed by atoms with E-state index in [0.717, 1.165) is 17.7 Å². The first-order valence-electron chi connectivity index (χ1n) is 8.80. The number of benzene rings is 2. The molecule has 2 aromatic rings. The van der Waals surface area contributed by atoms with E-state index in [1.807, 2.05) is 35.2 Å². The number of nitrogens with one attached hydrogen (secondary N) is 1. The molecule has 7 heteroatoms. The van der Waals surface area contributed by atoms with Crippen LogP contribution in [-0.4, -0.2) is 54.3 Å². The summed E-state index contributed by atoms with van der Waals surface area (Å²) in [5, 5.41) is 2.88. The molecule has 0 spiro atoms. The molecule has 1 N–H and O–H groups in total. The van der Waals surface area contributed by atoms with Crippen LogP contribution in [0.4, 0.5) is 8.78 Å². The summed E-state index contributed by atoms with van der Waals surface area (Å²) in [6, 6.07) is 12.8. The fraction of sp³-hybridized carbons (Fsp3) is 0.300. The lowest BCUT2D eigenvalue weighted by Gasteiger charge is -2.34. The smallest absolute Gasteiger partial charge is 0.254 e. The van der Waals surface area contributed by atoms with Gasteiger partial charge in [0.2, 0.25) is 5.91 Å². The molecule has 0 bridgehead atoms. The molecule has 0 radical (unpaired) electrons. The maximum absolute atomic E-state index is 13.3. The summed E-state index contributed by atoms with van der Waals surface area (Å²) in [6.45, 7) is 2.71. The van der Waals surface area contributed by atoms with Crippen LogP contribution in [0.1, 0.15) is 15.9 Å². The number of carbonyl (C=O) groups excluding carboxylic acids is 2. The van der Waals surface area contributed by atoms with E-state index in [-0.39, 0.29) is 23.9 Å². The summed E-state index contributed by atoms with van der Waals surface area (Å²) in [7, 11) is 0. The number of piperazine rings is 1. The Morgan fingerprint density at radius 1 is 0.926 bits per heavy atom. The molecule has 0 aliphatic carbocycles. The zero-order valence-corrected chi connectivity index (χ0v) is 14.8. The zero-order valence-electron chi connectivity index (χ0n) is 14.8. The predicted molar refractivity (Wildman–Crippen MR) is 97.0 cm³/mol. The minimum atomic E-state index is -1.03. The fourth-order valence-electron chi connectivity index (χ4n) is 2.98. The van der Waals surface area contributed by atoms with Crippen LogP contribution >= 0.6 is 0 Å². The van der Waals surface area contributed by atoms with Crippen molar-refractivity contribution in [2.24, 2.45) is 0 Å². The van der Waals surface area contributed by atoms with Gasteiger partial charge in [-0.3, -0.25) is 14.5 Å². The van der Waals surface area contributed by atoms with E-state index in [0.29, 0.717) is 32.7 Å². The van der Waals surface area contributed by atoms with Gasteiger partial charge in [-0.15, -0.1) is 0 Å². The van der Waals surface area contributed by atoms with Gasteiger partial charge in [0.25, 0.3) is 5.91 Å². The third-order valence-corrected chi connectivity index (χ3v) is 4.53. The summed E-state index contributed by atoms with van der Waals surface area (Å²) >= 11 is 0. The van der Waals surface area contributed by atoms with Gasteiger partial charge in [0.1, 0.15) is 0 Å². The first-order valence-corrected chi connectivity index (χ1v) is 8.80. The van der Waals surface area contributed by atoms with Crippen molar-refractivity contribution in [1.29, 1.82) is 0 Å². The van der Waals surface area contributed by atoms with Crippen molar-refractivity contribution in [3.8, 4) is 0 Å². The Hall–Kier alpha value is -2.80. The van der Waals surface area contributed by atoms with Crippen molar-refractivity contribution in [1.82, 2.24) is 15.1 Å². The summed E-state index contributed by atoms with van der Waals surface area (Å²) < 4.78 is 26.3. The minimum Gasteiger partial charge on any atom is -0.351 e. The van der Waals surface area contributed by atoms with E-state index in [9.17, 15) is 18.4 Å². The van der Waals surface area contributed by atoms with Gasteiger partial charge >= 0.3 is 0 Å². The van der Waals surface area contributed by atoms with Crippen molar-refractivity contribution in [3.63, 3.8) is 0 Å². The van der Waals surface area contributed by atoms with Crippen molar-refractivity contribution in [2.45, 2.75) is 6.54 Å². The Morgan fingerprint density at radius 2 is 1.63 bits per heavy atom. The Morgan fingerprint density at radius 3 is 2.30 bits per heavy atom. The van der Waals surface area contributed by atoms with E-state index in [4.69, 9.17) is 0 Å². The van der Waals surface area contributed by atoms with Crippen LogP contribution in [0, 0.1) is 11.6 Å². The highest BCUT2D eigenvalue weighted by atomic mass is 19.2. The molecule has 142 valence electrons. The van der Waals surface area contributed by atoms with Gasteiger partial charge in [0.05, 0.1) is 6.54 Å². The minimum absolute atomic E-state index is 0.0702. The van der Waals surface area contributed by atoms with Crippen LogP contribution in [0.3, 0.4) is 0 Å². The molecule has 1 saturated heterocycles. The van der Waals surface area contributed by atoms with Crippen LogP contribution < -0.4 is 5.32 Å². The summed E-state index contributed by atoms with van der Waals surface area (Å²) in [4.78, 5) is 28.0. The van der Waals surface area contributed by atoms with Crippen LogP contribution in [0.15, 0.2) is 48.5 Å². The third kappa shape index (κ3) is 5.10. The number of amides is 2. The molecule has 0 atom stereocenters. The van der Waals surface area contributed by atoms with Gasteiger partial charge in [-0.25, -0.2) is 8.78 Å². The van der Waals surface area contributed by atoms with E-state index in [1.54, 1.807) is 4.90 Å². The standard InChI is InChI=1S/C20H21F2N3O2/c21-17-7-6-16(12-18(17)22)20(27)25-10-8-24(9-11-25)14-19(26)23-13-15-4-2-1-3-5-15/h1-7,12H,8-11,13-14H2,(H,23,26). The summed E-state index contributed by atoms with van der Waals surface area (Å²) in [6.07, 6.45) is 0. The lowest BCUT2D eigenvalue weighted by atomic mass is 10.1. The summed E-state index contributed by atoms with van der Waals surface area (Å²) in [5.41, 5.74) is 1.16. The highest BCUT2D eigenvalue weighted by Gasteiger charge is 2.23. The highest BCUT2D eigenvalue weighted by Crippen LogP contribution is 2.13. The molecule has 3 rings (SSSR count). The van der Waals surface area contributed by atoms with Crippen LogP contribution in [0.2, 0.25) is 0 Å². The summed E-state index contributed by atoms with van der Waals surface area (Å²) in [5.74, 6) is -2.41. The van der Waals surface area contributed by atoms with Crippen LogP contribution in [0.5, 0.6) is 0 Å². The molecule has 1 aliphatic rings. The molecule has 0 saturated carbocycles. The Bertz CT molecular complexity index is 806. The number of rotatable bonds is 5. The van der Waals surface area contributed by atoms with E-state index < -0.39 is 11.6 Å². The van der Waals surface area contributed by atoms with E-state index in [2.05, 4.69) is 5.32 Å². The largest absolute Gasteiger partial charge is 0.351 e. The van der Waals surface area contributed by atoms with Gasteiger partial charge in [0, 0.05) is 38.3 Å². The second-order valence-electron chi connectivity index (χ2n) is 6.46. The topological polar surface area (TPSA) is 52.7 Å². The Labute approximate surface area is 156 Å². The average molecular weight is 373 g/mol. The molecular weight excluding hydrogens is 352 g/mol. The quantitative estimate of drug-likeness (QED) is 0.873. The van der Waals surface area contributed by atoms with Gasteiger partial charge in [-0.1, -0.05) is 30.3 Å². The molecule has 1 heterocycles.